The zero-order valence-corrected chi connectivity index (χ0v) is 16.3. The second-order valence-corrected chi connectivity index (χ2v) is 7.72. The van der Waals surface area contributed by atoms with Gasteiger partial charge in [-0.15, -0.1) is 11.3 Å². The molecule has 1 aliphatic rings. The number of rotatable bonds is 8. The fraction of sp³-hybridized carbons (Fsp3) is 0.381. The Hall–Kier alpha value is -2.27. The molecule has 4 nitrogen and oxygen atoms in total. The van der Waals surface area contributed by atoms with Gasteiger partial charge in [-0.1, -0.05) is 12.1 Å². The highest BCUT2D eigenvalue weighted by molar-refractivity contribution is 7.09. The highest BCUT2D eigenvalue weighted by atomic mass is 32.1. The zero-order valence-electron chi connectivity index (χ0n) is 15.5. The van der Waals surface area contributed by atoms with E-state index in [0.29, 0.717) is 24.1 Å². The van der Waals surface area contributed by atoms with E-state index in [-0.39, 0.29) is 12.0 Å². The molecule has 0 atom stereocenters. The van der Waals surface area contributed by atoms with Crippen molar-refractivity contribution in [2.75, 3.05) is 7.11 Å². The minimum Gasteiger partial charge on any atom is -0.493 e. The summed E-state index contributed by atoms with van der Waals surface area (Å²) in [6.07, 6.45) is 5.77. The van der Waals surface area contributed by atoms with Crippen LogP contribution < -0.4 is 9.47 Å². The van der Waals surface area contributed by atoms with Crippen molar-refractivity contribution in [1.82, 2.24) is 4.90 Å². The Bertz CT molecular complexity index is 764. The summed E-state index contributed by atoms with van der Waals surface area (Å²) < 4.78 is 11.1. The SMILES string of the molecule is COc1cc(/C=C/C(=O)N(Cc2cccs2)C2CC2)ccc1OC(C)C. The van der Waals surface area contributed by atoms with Crippen LogP contribution in [-0.4, -0.2) is 30.1 Å². The third kappa shape index (κ3) is 4.88. The van der Waals surface area contributed by atoms with Crippen LogP contribution in [0.3, 0.4) is 0 Å². The van der Waals surface area contributed by atoms with Gasteiger partial charge in [0, 0.05) is 17.0 Å². The van der Waals surface area contributed by atoms with Crippen LogP contribution >= 0.6 is 11.3 Å². The summed E-state index contributed by atoms with van der Waals surface area (Å²) in [4.78, 5) is 15.9. The molecule has 1 amide bonds. The molecule has 1 heterocycles. The largest absolute Gasteiger partial charge is 0.493 e. The van der Waals surface area contributed by atoms with Gasteiger partial charge in [0.1, 0.15) is 0 Å². The first-order chi connectivity index (χ1) is 12.6. The molecule has 0 unspecified atom stereocenters. The number of ether oxygens (including phenoxy) is 2. The Kier molecular flexibility index (Phi) is 5.99. The highest BCUT2D eigenvalue weighted by Crippen LogP contribution is 2.31. The third-order valence-electron chi connectivity index (χ3n) is 4.15. The lowest BCUT2D eigenvalue weighted by atomic mass is 10.2. The van der Waals surface area contributed by atoms with E-state index in [1.54, 1.807) is 24.5 Å². The van der Waals surface area contributed by atoms with E-state index >= 15 is 0 Å². The normalized spacial score (nSPS) is 14.0. The van der Waals surface area contributed by atoms with Crippen LogP contribution in [0, 0.1) is 0 Å². The first kappa shape index (κ1) is 18.5. The number of carbonyl (C=O) groups is 1. The smallest absolute Gasteiger partial charge is 0.247 e. The molecule has 0 saturated heterocycles. The van der Waals surface area contributed by atoms with Gasteiger partial charge in [0.2, 0.25) is 5.91 Å². The van der Waals surface area contributed by atoms with Gasteiger partial charge in [-0.05, 0) is 61.9 Å². The lowest BCUT2D eigenvalue weighted by Gasteiger charge is -2.20. The molecule has 1 aromatic carbocycles. The summed E-state index contributed by atoms with van der Waals surface area (Å²) in [6, 6.07) is 10.2. The van der Waals surface area contributed by atoms with Crippen LogP contribution in [0.2, 0.25) is 0 Å². The Morgan fingerprint density at radius 2 is 2.12 bits per heavy atom. The highest BCUT2D eigenvalue weighted by Gasteiger charge is 2.31. The second-order valence-electron chi connectivity index (χ2n) is 6.69. The van der Waals surface area contributed by atoms with Gasteiger partial charge in [-0.25, -0.2) is 0 Å². The summed E-state index contributed by atoms with van der Waals surface area (Å²) in [6.45, 7) is 4.65. The molecule has 2 aromatic rings. The van der Waals surface area contributed by atoms with Crippen molar-refractivity contribution in [1.29, 1.82) is 0 Å². The van der Waals surface area contributed by atoms with Gasteiger partial charge < -0.3 is 14.4 Å². The molecule has 5 heteroatoms. The molecular weight excluding hydrogens is 346 g/mol. The minimum atomic E-state index is 0.0578. The summed E-state index contributed by atoms with van der Waals surface area (Å²) in [7, 11) is 1.62. The van der Waals surface area contributed by atoms with Gasteiger partial charge in [-0.3, -0.25) is 4.79 Å². The molecule has 1 aromatic heterocycles. The van der Waals surface area contributed by atoms with Crippen molar-refractivity contribution in [3.05, 3.63) is 52.2 Å². The molecule has 1 saturated carbocycles. The maximum Gasteiger partial charge on any atom is 0.247 e. The molecular formula is C21H25NO3S. The van der Waals surface area contributed by atoms with Gasteiger partial charge in [0.05, 0.1) is 19.8 Å². The van der Waals surface area contributed by atoms with Crippen molar-refractivity contribution in [2.24, 2.45) is 0 Å². The average molecular weight is 372 g/mol. The fourth-order valence-corrected chi connectivity index (χ4v) is 3.45. The Morgan fingerprint density at radius 1 is 1.31 bits per heavy atom. The molecule has 1 aliphatic carbocycles. The number of thiophene rings is 1. The van der Waals surface area contributed by atoms with E-state index in [1.807, 2.05) is 54.5 Å². The van der Waals surface area contributed by atoms with Crippen molar-refractivity contribution in [3.63, 3.8) is 0 Å². The van der Waals surface area contributed by atoms with Gasteiger partial charge in [-0.2, -0.15) is 0 Å². The number of hydrogen-bond donors (Lipinski definition) is 0. The standard InChI is InChI=1S/C21H25NO3S/c1-15(2)25-19-10-6-16(13-20(19)24-3)7-11-21(23)22(17-8-9-17)14-18-5-4-12-26-18/h4-7,10-13,15,17H,8-9,14H2,1-3H3/b11-7+. The molecule has 0 bridgehead atoms. The quantitative estimate of drug-likeness (QED) is 0.629. The van der Waals surface area contributed by atoms with Crippen LogP contribution in [0.4, 0.5) is 0 Å². The van der Waals surface area contributed by atoms with Gasteiger partial charge in [0.15, 0.2) is 11.5 Å². The van der Waals surface area contributed by atoms with Crippen LogP contribution in [0.25, 0.3) is 6.08 Å². The van der Waals surface area contributed by atoms with Crippen LogP contribution in [0.15, 0.2) is 41.8 Å². The van der Waals surface area contributed by atoms with E-state index in [2.05, 4.69) is 6.07 Å². The minimum absolute atomic E-state index is 0.0578. The average Bonchev–Trinajstić information content (AvgIpc) is 3.33. The summed E-state index contributed by atoms with van der Waals surface area (Å²) in [5.41, 5.74) is 0.915. The summed E-state index contributed by atoms with van der Waals surface area (Å²) in [5, 5.41) is 2.05. The summed E-state index contributed by atoms with van der Waals surface area (Å²) >= 11 is 1.69. The molecule has 0 N–H and O–H groups in total. The van der Waals surface area contributed by atoms with Crippen molar-refractivity contribution >= 4 is 23.3 Å². The second kappa shape index (κ2) is 8.41. The van der Waals surface area contributed by atoms with Gasteiger partial charge >= 0.3 is 0 Å². The van der Waals surface area contributed by atoms with Crippen LogP contribution in [0.1, 0.15) is 37.1 Å². The van der Waals surface area contributed by atoms with Crippen LogP contribution in [0.5, 0.6) is 11.5 Å². The number of hydrogen-bond acceptors (Lipinski definition) is 4. The lowest BCUT2D eigenvalue weighted by molar-refractivity contribution is -0.127. The number of methoxy groups -OCH3 is 1. The number of amides is 1. The molecule has 3 rings (SSSR count). The van der Waals surface area contributed by atoms with Crippen molar-refractivity contribution < 1.29 is 14.3 Å². The molecule has 0 aliphatic heterocycles. The fourth-order valence-electron chi connectivity index (χ4n) is 2.75. The predicted octanol–water partition coefficient (Wildman–Crippen LogP) is 4.75. The first-order valence-corrected chi connectivity index (χ1v) is 9.80. The zero-order chi connectivity index (χ0) is 18.5. The Morgan fingerprint density at radius 3 is 2.73 bits per heavy atom. The topological polar surface area (TPSA) is 38.8 Å². The van der Waals surface area contributed by atoms with E-state index < -0.39 is 0 Å². The number of carbonyl (C=O) groups excluding carboxylic acids is 1. The maximum atomic E-state index is 12.7. The molecule has 138 valence electrons. The lowest BCUT2D eigenvalue weighted by Crippen LogP contribution is -2.30. The predicted molar refractivity (Wildman–Crippen MR) is 106 cm³/mol. The van der Waals surface area contributed by atoms with E-state index in [9.17, 15) is 4.79 Å². The molecule has 0 radical (unpaired) electrons. The van der Waals surface area contributed by atoms with E-state index in [0.717, 1.165) is 18.4 Å². The van der Waals surface area contributed by atoms with Gasteiger partial charge in [0.25, 0.3) is 0 Å². The van der Waals surface area contributed by atoms with E-state index in [1.165, 1.54) is 4.88 Å². The molecule has 1 fully saturated rings. The molecule has 0 spiro atoms. The third-order valence-corrected chi connectivity index (χ3v) is 5.01. The number of nitrogens with zero attached hydrogens (tertiary/aromatic N) is 1. The monoisotopic (exact) mass is 371 g/mol. The Balaban J connectivity index is 1.70. The van der Waals surface area contributed by atoms with Crippen molar-refractivity contribution in [3.8, 4) is 11.5 Å². The number of benzene rings is 1. The van der Waals surface area contributed by atoms with Crippen LogP contribution in [-0.2, 0) is 11.3 Å². The maximum absolute atomic E-state index is 12.7. The first-order valence-electron chi connectivity index (χ1n) is 8.92. The van der Waals surface area contributed by atoms with E-state index in [4.69, 9.17) is 9.47 Å². The van der Waals surface area contributed by atoms with Crippen molar-refractivity contribution in [2.45, 2.75) is 45.4 Å². The summed E-state index contributed by atoms with van der Waals surface area (Å²) in [5.74, 6) is 1.44. The molecule has 26 heavy (non-hydrogen) atoms. The Labute approximate surface area is 159 Å².